The SMILES string of the molecule is CC(C)CCCCNS(=O)(=O)c1ccc(I)c(C(=O)O)c1. The van der Waals surface area contributed by atoms with Gasteiger partial charge in [-0.3, -0.25) is 0 Å². The quantitative estimate of drug-likeness (QED) is 0.495. The molecule has 0 bridgehead atoms. The molecule has 0 spiro atoms. The van der Waals surface area contributed by atoms with Gasteiger partial charge < -0.3 is 5.11 Å². The van der Waals surface area contributed by atoms with Crippen LogP contribution < -0.4 is 4.72 Å². The Hall–Kier alpha value is -0.670. The molecule has 118 valence electrons. The normalized spacial score (nSPS) is 11.8. The molecule has 0 heterocycles. The van der Waals surface area contributed by atoms with E-state index in [0.717, 1.165) is 19.3 Å². The van der Waals surface area contributed by atoms with Gasteiger partial charge in [0.2, 0.25) is 10.0 Å². The van der Waals surface area contributed by atoms with Gasteiger partial charge in [-0.1, -0.05) is 26.7 Å². The molecule has 1 aromatic carbocycles. The molecule has 21 heavy (non-hydrogen) atoms. The van der Waals surface area contributed by atoms with Crippen molar-refractivity contribution in [3.63, 3.8) is 0 Å². The summed E-state index contributed by atoms with van der Waals surface area (Å²) >= 11 is 1.87. The Balaban J connectivity index is 2.70. The van der Waals surface area contributed by atoms with Crippen LogP contribution in [0.1, 0.15) is 43.5 Å². The molecule has 0 fully saturated rings. The molecule has 5 nitrogen and oxygen atoms in total. The lowest BCUT2D eigenvalue weighted by Crippen LogP contribution is -2.25. The second-order valence-corrected chi connectivity index (χ2v) is 8.16. The van der Waals surface area contributed by atoms with Crippen molar-refractivity contribution in [2.24, 2.45) is 5.92 Å². The average molecular weight is 425 g/mol. The van der Waals surface area contributed by atoms with Gasteiger partial charge in [0.05, 0.1) is 10.5 Å². The fourth-order valence-electron chi connectivity index (χ4n) is 1.80. The third-order valence-corrected chi connectivity index (χ3v) is 5.38. The fourth-order valence-corrected chi connectivity index (χ4v) is 3.47. The molecule has 2 N–H and O–H groups in total. The lowest BCUT2D eigenvalue weighted by Gasteiger charge is -2.09. The lowest BCUT2D eigenvalue weighted by atomic mass is 10.1. The summed E-state index contributed by atoms with van der Waals surface area (Å²) in [6.45, 7) is 4.62. The first-order chi connectivity index (χ1) is 9.74. The van der Waals surface area contributed by atoms with Crippen LogP contribution in [0.5, 0.6) is 0 Å². The van der Waals surface area contributed by atoms with E-state index in [4.69, 9.17) is 5.11 Å². The van der Waals surface area contributed by atoms with E-state index in [2.05, 4.69) is 18.6 Å². The number of hydrogen-bond donors (Lipinski definition) is 2. The maximum absolute atomic E-state index is 12.1. The molecule has 0 radical (unpaired) electrons. The van der Waals surface area contributed by atoms with Crippen LogP contribution in [0, 0.1) is 9.49 Å². The van der Waals surface area contributed by atoms with Crippen LogP contribution in [0.15, 0.2) is 23.1 Å². The van der Waals surface area contributed by atoms with Crippen LogP contribution in [0.3, 0.4) is 0 Å². The monoisotopic (exact) mass is 425 g/mol. The molecule has 0 aromatic heterocycles. The van der Waals surface area contributed by atoms with E-state index in [-0.39, 0.29) is 10.5 Å². The number of benzene rings is 1. The molecule has 0 aliphatic rings. The topological polar surface area (TPSA) is 83.5 Å². The Labute approximate surface area is 139 Å². The number of hydrogen-bond acceptors (Lipinski definition) is 3. The summed E-state index contributed by atoms with van der Waals surface area (Å²) in [5, 5.41) is 9.03. The van der Waals surface area contributed by atoms with Crippen molar-refractivity contribution in [1.82, 2.24) is 4.72 Å². The van der Waals surface area contributed by atoms with Crippen molar-refractivity contribution >= 4 is 38.6 Å². The van der Waals surface area contributed by atoms with Gasteiger partial charge in [0.25, 0.3) is 0 Å². The van der Waals surface area contributed by atoms with Gasteiger partial charge in [-0.15, -0.1) is 0 Å². The molecule has 0 aliphatic carbocycles. The van der Waals surface area contributed by atoms with Gasteiger partial charge in [-0.25, -0.2) is 17.9 Å². The standard InChI is InChI=1S/C14H20INO4S/c1-10(2)5-3-4-8-16-21(19,20)11-6-7-13(15)12(9-11)14(17)18/h6-7,9-10,16H,3-5,8H2,1-2H3,(H,17,18). The van der Waals surface area contributed by atoms with Gasteiger partial charge in [0.15, 0.2) is 0 Å². The second kappa shape index (κ2) is 8.09. The van der Waals surface area contributed by atoms with Gasteiger partial charge in [-0.05, 0) is 53.1 Å². The number of carboxylic acid groups (broad SMARTS) is 1. The molecule has 0 atom stereocenters. The number of aromatic carboxylic acids is 1. The van der Waals surface area contributed by atoms with E-state index in [1.54, 1.807) is 0 Å². The zero-order valence-corrected chi connectivity index (χ0v) is 15.1. The van der Waals surface area contributed by atoms with Gasteiger partial charge in [0, 0.05) is 10.1 Å². The molecule has 1 aromatic rings. The number of carboxylic acids is 1. The van der Waals surface area contributed by atoms with Crippen LogP contribution in [0.25, 0.3) is 0 Å². The second-order valence-electron chi connectivity index (χ2n) is 5.23. The Morgan fingerprint density at radius 3 is 2.57 bits per heavy atom. The third-order valence-electron chi connectivity index (χ3n) is 2.98. The molecule has 0 amide bonds. The Morgan fingerprint density at radius 1 is 1.33 bits per heavy atom. The summed E-state index contributed by atoms with van der Waals surface area (Å²) in [6, 6.07) is 4.11. The Bertz CT molecular complexity index is 599. The van der Waals surface area contributed by atoms with E-state index in [9.17, 15) is 13.2 Å². The number of rotatable bonds is 8. The van der Waals surface area contributed by atoms with E-state index in [0.29, 0.717) is 16.0 Å². The van der Waals surface area contributed by atoms with Crippen molar-refractivity contribution < 1.29 is 18.3 Å². The maximum Gasteiger partial charge on any atom is 0.336 e. The van der Waals surface area contributed by atoms with Crippen LogP contribution in [0.2, 0.25) is 0 Å². The van der Waals surface area contributed by atoms with Crippen LogP contribution >= 0.6 is 22.6 Å². The Morgan fingerprint density at radius 2 is 2.00 bits per heavy atom. The zero-order valence-electron chi connectivity index (χ0n) is 12.1. The predicted molar refractivity (Wildman–Crippen MR) is 90.0 cm³/mol. The molecular formula is C14H20INO4S. The molecular weight excluding hydrogens is 405 g/mol. The molecule has 0 unspecified atom stereocenters. The first kappa shape index (κ1) is 18.4. The number of nitrogens with one attached hydrogen (secondary N) is 1. The van der Waals surface area contributed by atoms with Crippen molar-refractivity contribution in [2.45, 2.75) is 38.0 Å². The first-order valence-electron chi connectivity index (χ1n) is 6.76. The highest BCUT2D eigenvalue weighted by atomic mass is 127. The minimum Gasteiger partial charge on any atom is -0.478 e. The highest BCUT2D eigenvalue weighted by Gasteiger charge is 2.17. The number of unbranched alkanes of at least 4 members (excludes halogenated alkanes) is 1. The summed E-state index contributed by atoms with van der Waals surface area (Å²) < 4.78 is 27.2. The summed E-state index contributed by atoms with van der Waals surface area (Å²) in [6.07, 6.45) is 2.80. The average Bonchev–Trinajstić information content (AvgIpc) is 2.37. The maximum atomic E-state index is 12.1. The van der Waals surface area contributed by atoms with Gasteiger partial charge in [-0.2, -0.15) is 0 Å². The van der Waals surface area contributed by atoms with Crippen LogP contribution in [-0.2, 0) is 10.0 Å². The number of sulfonamides is 1. The van der Waals surface area contributed by atoms with Crippen molar-refractivity contribution in [3.05, 3.63) is 27.3 Å². The number of carbonyl (C=O) groups is 1. The minimum atomic E-state index is -3.65. The van der Waals surface area contributed by atoms with Crippen molar-refractivity contribution in [1.29, 1.82) is 0 Å². The highest BCUT2D eigenvalue weighted by Crippen LogP contribution is 2.18. The molecule has 0 saturated heterocycles. The summed E-state index contributed by atoms with van der Waals surface area (Å²) in [5.74, 6) is -0.524. The molecule has 1 rings (SSSR count). The Kier molecular flexibility index (Phi) is 7.08. The van der Waals surface area contributed by atoms with Crippen molar-refractivity contribution in [3.8, 4) is 0 Å². The van der Waals surface area contributed by atoms with Crippen molar-refractivity contribution in [2.75, 3.05) is 6.54 Å². The summed E-state index contributed by atoms with van der Waals surface area (Å²) in [4.78, 5) is 11.0. The van der Waals surface area contributed by atoms with E-state index in [1.165, 1.54) is 18.2 Å². The largest absolute Gasteiger partial charge is 0.478 e. The number of halogens is 1. The van der Waals surface area contributed by atoms with Crippen LogP contribution in [0.4, 0.5) is 0 Å². The molecule has 0 saturated carbocycles. The third kappa shape index (κ3) is 5.91. The molecule has 0 aliphatic heterocycles. The van der Waals surface area contributed by atoms with E-state index in [1.807, 2.05) is 22.6 Å². The lowest BCUT2D eigenvalue weighted by molar-refractivity contribution is 0.0695. The van der Waals surface area contributed by atoms with Gasteiger partial charge >= 0.3 is 5.97 Å². The van der Waals surface area contributed by atoms with Crippen LogP contribution in [-0.4, -0.2) is 26.0 Å². The summed E-state index contributed by atoms with van der Waals surface area (Å²) in [5.41, 5.74) is -0.00159. The highest BCUT2D eigenvalue weighted by molar-refractivity contribution is 14.1. The first-order valence-corrected chi connectivity index (χ1v) is 9.32. The fraction of sp³-hybridized carbons (Fsp3) is 0.500. The summed E-state index contributed by atoms with van der Waals surface area (Å²) in [7, 11) is -3.65. The van der Waals surface area contributed by atoms with Gasteiger partial charge in [0.1, 0.15) is 0 Å². The van der Waals surface area contributed by atoms with E-state index >= 15 is 0 Å². The minimum absolute atomic E-state index is 0.00159. The smallest absolute Gasteiger partial charge is 0.336 e. The molecule has 7 heteroatoms. The van der Waals surface area contributed by atoms with E-state index < -0.39 is 16.0 Å². The zero-order chi connectivity index (χ0) is 16.0. The predicted octanol–water partition coefficient (Wildman–Crippen LogP) is 3.09.